The second kappa shape index (κ2) is 6.16. The summed E-state index contributed by atoms with van der Waals surface area (Å²) in [6, 6.07) is 4.12. The number of carbonyl (C=O) groups excluding carboxylic acids is 1. The van der Waals surface area contributed by atoms with Crippen LogP contribution in [0.3, 0.4) is 0 Å². The second-order valence-electron chi connectivity index (χ2n) is 5.59. The standard InChI is InChI=1S/C16H13ClFN3O3/c1-9-13(6-12(7-19-9)21(23)24)16(22)20-3-2-10-4-11(17)5-15(18)14(10)8-20/h4-7H,2-3,8H2,1H3. The van der Waals surface area contributed by atoms with E-state index < -0.39 is 16.6 Å². The molecule has 124 valence electrons. The van der Waals surface area contributed by atoms with Gasteiger partial charge in [-0.25, -0.2) is 4.39 Å². The third kappa shape index (κ3) is 2.94. The van der Waals surface area contributed by atoms with Crippen molar-refractivity contribution in [3.8, 4) is 0 Å². The molecule has 3 rings (SSSR count). The van der Waals surface area contributed by atoms with E-state index in [4.69, 9.17) is 11.6 Å². The fourth-order valence-electron chi connectivity index (χ4n) is 2.76. The van der Waals surface area contributed by atoms with Gasteiger partial charge in [0.2, 0.25) is 0 Å². The molecular formula is C16H13ClFN3O3. The normalized spacial score (nSPS) is 13.5. The number of nitro groups is 1. The van der Waals surface area contributed by atoms with Crippen molar-refractivity contribution in [3.63, 3.8) is 0 Å². The van der Waals surface area contributed by atoms with Crippen LogP contribution in [0.1, 0.15) is 27.2 Å². The number of hydrogen-bond acceptors (Lipinski definition) is 4. The molecule has 2 aromatic rings. The van der Waals surface area contributed by atoms with Gasteiger partial charge in [-0.05, 0) is 31.0 Å². The van der Waals surface area contributed by atoms with E-state index in [1.54, 1.807) is 13.0 Å². The van der Waals surface area contributed by atoms with Crippen molar-refractivity contribution in [1.29, 1.82) is 0 Å². The lowest BCUT2D eigenvalue weighted by Crippen LogP contribution is -2.37. The monoisotopic (exact) mass is 349 g/mol. The highest BCUT2D eigenvalue weighted by Gasteiger charge is 2.26. The number of rotatable bonds is 2. The summed E-state index contributed by atoms with van der Waals surface area (Å²) in [6.45, 7) is 2.09. The zero-order valence-electron chi connectivity index (χ0n) is 12.8. The minimum Gasteiger partial charge on any atom is -0.334 e. The Kier molecular flexibility index (Phi) is 4.19. The van der Waals surface area contributed by atoms with Crippen LogP contribution in [0.15, 0.2) is 24.4 Å². The molecular weight excluding hydrogens is 337 g/mol. The molecule has 6 nitrogen and oxygen atoms in total. The number of nitrogens with zero attached hydrogens (tertiary/aromatic N) is 3. The minimum absolute atomic E-state index is 0.0965. The quantitative estimate of drug-likeness (QED) is 0.615. The van der Waals surface area contributed by atoms with Crippen LogP contribution in [0.4, 0.5) is 10.1 Å². The van der Waals surface area contributed by atoms with Crippen LogP contribution in [0.5, 0.6) is 0 Å². The number of fused-ring (bicyclic) bond motifs is 1. The van der Waals surface area contributed by atoms with Crippen LogP contribution in [-0.4, -0.2) is 27.3 Å². The Hall–Kier alpha value is -2.54. The van der Waals surface area contributed by atoms with Crippen LogP contribution in [0.2, 0.25) is 5.02 Å². The van der Waals surface area contributed by atoms with Crippen molar-refractivity contribution in [2.24, 2.45) is 0 Å². The van der Waals surface area contributed by atoms with Crippen molar-refractivity contribution in [3.05, 3.63) is 67.7 Å². The first-order chi connectivity index (χ1) is 11.4. The van der Waals surface area contributed by atoms with Crippen LogP contribution in [0, 0.1) is 22.9 Å². The third-order valence-corrected chi connectivity index (χ3v) is 4.27. The zero-order valence-corrected chi connectivity index (χ0v) is 13.5. The molecule has 0 bridgehead atoms. The lowest BCUT2D eigenvalue weighted by atomic mass is 9.98. The third-order valence-electron chi connectivity index (χ3n) is 4.05. The van der Waals surface area contributed by atoms with E-state index in [-0.39, 0.29) is 17.8 Å². The van der Waals surface area contributed by atoms with E-state index in [1.165, 1.54) is 17.0 Å². The van der Waals surface area contributed by atoms with Crippen molar-refractivity contribution < 1.29 is 14.1 Å². The van der Waals surface area contributed by atoms with E-state index in [0.29, 0.717) is 29.2 Å². The lowest BCUT2D eigenvalue weighted by molar-refractivity contribution is -0.385. The first-order valence-electron chi connectivity index (χ1n) is 7.24. The van der Waals surface area contributed by atoms with E-state index in [2.05, 4.69) is 4.98 Å². The number of aryl methyl sites for hydroxylation is 1. The largest absolute Gasteiger partial charge is 0.334 e. The average molecular weight is 350 g/mol. The van der Waals surface area contributed by atoms with Gasteiger partial charge in [-0.2, -0.15) is 0 Å². The van der Waals surface area contributed by atoms with E-state index in [0.717, 1.165) is 11.8 Å². The number of aromatic nitrogens is 1. The Balaban J connectivity index is 1.92. The van der Waals surface area contributed by atoms with Gasteiger partial charge >= 0.3 is 0 Å². The molecule has 1 amide bonds. The van der Waals surface area contributed by atoms with Gasteiger partial charge in [0, 0.05) is 29.7 Å². The van der Waals surface area contributed by atoms with Crippen molar-refractivity contribution >= 4 is 23.2 Å². The first-order valence-corrected chi connectivity index (χ1v) is 7.61. The summed E-state index contributed by atoms with van der Waals surface area (Å²) in [5, 5.41) is 11.2. The van der Waals surface area contributed by atoms with Gasteiger partial charge in [-0.15, -0.1) is 0 Å². The van der Waals surface area contributed by atoms with E-state index in [9.17, 15) is 19.3 Å². The number of benzene rings is 1. The van der Waals surface area contributed by atoms with Crippen LogP contribution in [0.25, 0.3) is 0 Å². The molecule has 8 heteroatoms. The summed E-state index contributed by atoms with van der Waals surface area (Å²) < 4.78 is 14.1. The summed E-state index contributed by atoms with van der Waals surface area (Å²) in [6.07, 6.45) is 1.58. The maximum Gasteiger partial charge on any atom is 0.288 e. The molecule has 0 atom stereocenters. The summed E-state index contributed by atoms with van der Waals surface area (Å²) in [4.78, 5) is 28.4. The number of hydrogen-bond donors (Lipinski definition) is 0. The number of carbonyl (C=O) groups is 1. The molecule has 0 radical (unpaired) electrons. The number of halogens is 2. The first kappa shape index (κ1) is 16.3. The van der Waals surface area contributed by atoms with Crippen molar-refractivity contribution in [2.75, 3.05) is 6.54 Å². The molecule has 1 aliphatic heterocycles. The number of pyridine rings is 1. The Morgan fingerprint density at radius 1 is 1.42 bits per heavy atom. The van der Waals surface area contributed by atoms with Crippen LogP contribution in [-0.2, 0) is 13.0 Å². The van der Waals surface area contributed by atoms with E-state index >= 15 is 0 Å². The molecule has 1 aromatic carbocycles. The van der Waals surface area contributed by atoms with Gasteiger partial charge in [0.25, 0.3) is 11.6 Å². The van der Waals surface area contributed by atoms with Gasteiger partial charge in [-0.3, -0.25) is 19.9 Å². The Bertz CT molecular complexity index is 857. The second-order valence-corrected chi connectivity index (χ2v) is 6.02. The van der Waals surface area contributed by atoms with Gasteiger partial charge in [0.1, 0.15) is 12.0 Å². The predicted octanol–water partition coefficient (Wildman–Crippen LogP) is 3.29. The zero-order chi connectivity index (χ0) is 17.4. The van der Waals surface area contributed by atoms with Gasteiger partial charge < -0.3 is 4.90 Å². The molecule has 0 spiro atoms. The highest BCUT2D eigenvalue weighted by molar-refractivity contribution is 6.30. The Morgan fingerprint density at radius 3 is 2.88 bits per heavy atom. The summed E-state index contributed by atoms with van der Waals surface area (Å²) in [7, 11) is 0. The molecule has 1 aromatic heterocycles. The molecule has 24 heavy (non-hydrogen) atoms. The Morgan fingerprint density at radius 2 is 2.17 bits per heavy atom. The summed E-state index contributed by atoms with van der Waals surface area (Å²) in [5.41, 5.74) is 1.50. The molecule has 1 aliphatic rings. The topological polar surface area (TPSA) is 76.3 Å². The van der Waals surface area contributed by atoms with Crippen molar-refractivity contribution in [1.82, 2.24) is 9.88 Å². The summed E-state index contributed by atoms with van der Waals surface area (Å²) >= 11 is 5.85. The average Bonchev–Trinajstić information content (AvgIpc) is 2.54. The molecule has 0 fully saturated rings. The fourth-order valence-corrected chi connectivity index (χ4v) is 2.99. The van der Waals surface area contributed by atoms with Gasteiger partial charge in [-0.1, -0.05) is 11.6 Å². The molecule has 2 heterocycles. The predicted molar refractivity (Wildman–Crippen MR) is 85.5 cm³/mol. The summed E-state index contributed by atoms with van der Waals surface area (Å²) in [5.74, 6) is -0.854. The molecule has 0 N–H and O–H groups in total. The highest BCUT2D eigenvalue weighted by atomic mass is 35.5. The maximum absolute atomic E-state index is 14.1. The highest BCUT2D eigenvalue weighted by Crippen LogP contribution is 2.27. The smallest absolute Gasteiger partial charge is 0.288 e. The SMILES string of the molecule is Cc1ncc([N+](=O)[O-])cc1C(=O)N1CCc2cc(Cl)cc(F)c2C1. The lowest BCUT2D eigenvalue weighted by Gasteiger charge is -2.29. The molecule has 0 aliphatic carbocycles. The van der Waals surface area contributed by atoms with Crippen molar-refractivity contribution in [2.45, 2.75) is 19.9 Å². The number of amides is 1. The van der Waals surface area contributed by atoms with E-state index in [1.807, 2.05) is 0 Å². The maximum atomic E-state index is 14.1. The van der Waals surface area contributed by atoms with Crippen LogP contribution >= 0.6 is 11.6 Å². The Labute approximate surface area is 142 Å². The van der Waals surface area contributed by atoms with Crippen LogP contribution < -0.4 is 0 Å². The fraction of sp³-hybridized carbons (Fsp3) is 0.250. The molecule has 0 saturated heterocycles. The van der Waals surface area contributed by atoms with Gasteiger partial charge in [0.15, 0.2) is 0 Å². The molecule has 0 unspecified atom stereocenters. The minimum atomic E-state index is -0.601. The molecule has 0 saturated carbocycles. The van der Waals surface area contributed by atoms with Gasteiger partial charge in [0.05, 0.1) is 16.2 Å².